The second kappa shape index (κ2) is 4.13. The third-order valence-corrected chi connectivity index (χ3v) is 2.87. The number of rotatable bonds is 3. The van der Waals surface area contributed by atoms with Crippen LogP contribution in [0.15, 0.2) is 24.5 Å². The number of benzene rings is 1. The molecule has 2 aromatic rings. The molecule has 94 valence electrons. The maximum atomic E-state index is 13.5. The first-order valence-corrected chi connectivity index (χ1v) is 5.60. The average Bonchev–Trinajstić information content (AvgIpc) is 2.92. The second-order valence-electron chi connectivity index (χ2n) is 4.27. The molecule has 0 aliphatic carbocycles. The lowest BCUT2D eigenvalue weighted by molar-refractivity contribution is 0.347. The van der Waals surface area contributed by atoms with Gasteiger partial charge in [-0.2, -0.15) is 5.10 Å². The molecule has 1 aromatic carbocycles. The van der Waals surface area contributed by atoms with E-state index in [1.165, 1.54) is 12.1 Å². The Kier molecular flexibility index (Phi) is 2.59. The SMILES string of the molecule is Cc1ncn(CC2O[C@@H]2c2ccc(F)cc2F)n1. The number of hydrogen-bond donors (Lipinski definition) is 0. The van der Waals surface area contributed by atoms with Gasteiger partial charge in [0.15, 0.2) is 0 Å². The minimum absolute atomic E-state index is 0.133. The molecule has 1 fully saturated rings. The Morgan fingerprint density at radius 3 is 2.89 bits per heavy atom. The van der Waals surface area contributed by atoms with Gasteiger partial charge in [-0.25, -0.2) is 18.4 Å². The van der Waals surface area contributed by atoms with Crippen LogP contribution in [0, 0.1) is 18.6 Å². The minimum Gasteiger partial charge on any atom is -0.362 e. The van der Waals surface area contributed by atoms with Gasteiger partial charge in [-0.05, 0) is 13.0 Å². The van der Waals surface area contributed by atoms with Crippen LogP contribution < -0.4 is 0 Å². The van der Waals surface area contributed by atoms with E-state index in [1.54, 1.807) is 17.9 Å². The van der Waals surface area contributed by atoms with Crippen molar-refractivity contribution in [2.24, 2.45) is 0 Å². The monoisotopic (exact) mass is 251 g/mol. The van der Waals surface area contributed by atoms with E-state index in [1.807, 2.05) is 0 Å². The van der Waals surface area contributed by atoms with Crippen LogP contribution in [0.4, 0.5) is 8.78 Å². The summed E-state index contributed by atoms with van der Waals surface area (Å²) in [7, 11) is 0. The van der Waals surface area contributed by atoms with Crippen LogP contribution >= 0.6 is 0 Å². The third-order valence-electron chi connectivity index (χ3n) is 2.87. The summed E-state index contributed by atoms with van der Waals surface area (Å²) >= 11 is 0. The van der Waals surface area contributed by atoms with Crippen LogP contribution in [0.3, 0.4) is 0 Å². The quantitative estimate of drug-likeness (QED) is 0.784. The normalized spacial score (nSPS) is 22.2. The van der Waals surface area contributed by atoms with Crippen LogP contribution in [0.2, 0.25) is 0 Å². The van der Waals surface area contributed by atoms with Gasteiger partial charge in [-0.15, -0.1) is 0 Å². The number of ether oxygens (including phenoxy) is 1. The molecule has 0 N–H and O–H groups in total. The lowest BCUT2D eigenvalue weighted by Crippen LogP contribution is -2.06. The predicted molar refractivity (Wildman–Crippen MR) is 58.7 cm³/mol. The molecule has 1 aliphatic heterocycles. The number of nitrogens with zero attached hydrogens (tertiary/aromatic N) is 3. The van der Waals surface area contributed by atoms with Gasteiger partial charge in [0.2, 0.25) is 0 Å². The molecule has 0 spiro atoms. The second-order valence-corrected chi connectivity index (χ2v) is 4.27. The molecule has 1 aromatic heterocycles. The average molecular weight is 251 g/mol. The molecule has 0 radical (unpaired) electrons. The lowest BCUT2D eigenvalue weighted by Gasteiger charge is -1.99. The topological polar surface area (TPSA) is 43.2 Å². The Bertz CT molecular complexity index is 584. The van der Waals surface area contributed by atoms with Crippen molar-refractivity contribution in [2.45, 2.75) is 25.7 Å². The number of hydrogen-bond acceptors (Lipinski definition) is 3. The fourth-order valence-corrected chi connectivity index (χ4v) is 1.95. The van der Waals surface area contributed by atoms with Crippen molar-refractivity contribution in [2.75, 3.05) is 0 Å². The van der Waals surface area contributed by atoms with Crippen LogP contribution in [0.5, 0.6) is 0 Å². The molecule has 6 heteroatoms. The van der Waals surface area contributed by atoms with Gasteiger partial charge < -0.3 is 4.74 Å². The van der Waals surface area contributed by atoms with Gasteiger partial charge in [0.1, 0.15) is 36.0 Å². The molecule has 2 atom stereocenters. The van der Waals surface area contributed by atoms with Crippen LogP contribution in [0.25, 0.3) is 0 Å². The van der Waals surface area contributed by atoms with Crippen molar-refractivity contribution in [1.82, 2.24) is 14.8 Å². The molecule has 0 amide bonds. The summed E-state index contributed by atoms with van der Waals surface area (Å²) in [6.07, 6.45) is 1.15. The van der Waals surface area contributed by atoms with Gasteiger partial charge in [0.25, 0.3) is 0 Å². The van der Waals surface area contributed by atoms with E-state index in [-0.39, 0.29) is 12.2 Å². The molecular formula is C12H11F2N3O. The van der Waals surface area contributed by atoms with Gasteiger partial charge in [0.05, 0.1) is 6.54 Å². The number of epoxide rings is 1. The van der Waals surface area contributed by atoms with E-state index in [4.69, 9.17) is 4.74 Å². The molecule has 1 aliphatic rings. The fourth-order valence-electron chi connectivity index (χ4n) is 1.95. The molecule has 1 unspecified atom stereocenters. The highest BCUT2D eigenvalue weighted by Crippen LogP contribution is 2.40. The Balaban J connectivity index is 1.70. The van der Waals surface area contributed by atoms with Gasteiger partial charge in [-0.1, -0.05) is 6.07 Å². The summed E-state index contributed by atoms with van der Waals surface area (Å²) in [4.78, 5) is 4.00. The van der Waals surface area contributed by atoms with Crippen molar-refractivity contribution in [1.29, 1.82) is 0 Å². The smallest absolute Gasteiger partial charge is 0.147 e. The van der Waals surface area contributed by atoms with E-state index < -0.39 is 11.6 Å². The van der Waals surface area contributed by atoms with Crippen molar-refractivity contribution in [3.05, 3.63) is 47.5 Å². The summed E-state index contributed by atoms with van der Waals surface area (Å²) in [5.74, 6) is -0.474. The van der Waals surface area contributed by atoms with E-state index in [2.05, 4.69) is 10.1 Å². The fraction of sp³-hybridized carbons (Fsp3) is 0.333. The first kappa shape index (κ1) is 11.3. The molecule has 0 bridgehead atoms. The van der Waals surface area contributed by atoms with E-state index in [9.17, 15) is 8.78 Å². The largest absolute Gasteiger partial charge is 0.362 e. The molecule has 4 nitrogen and oxygen atoms in total. The van der Waals surface area contributed by atoms with E-state index in [0.717, 1.165) is 6.07 Å². The molecule has 18 heavy (non-hydrogen) atoms. The zero-order valence-corrected chi connectivity index (χ0v) is 9.68. The number of aryl methyl sites for hydroxylation is 1. The first-order valence-electron chi connectivity index (χ1n) is 5.60. The summed E-state index contributed by atoms with van der Waals surface area (Å²) in [5, 5.41) is 4.13. The standard InChI is InChI=1S/C12H11F2N3O/c1-7-15-6-17(16-7)5-11-12(18-11)9-3-2-8(13)4-10(9)14/h2-4,6,11-12H,5H2,1H3/t11?,12-/m1/s1. The third kappa shape index (κ3) is 2.11. The molecule has 0 saturated carbocycles. The highest BCUT2D eigenvalue weighted by Gasteiger charge is 2.42. The van der Waals surface area contributed by atoms with Crippen molar-refractivity contribution >= 4 is 0 Å². The van der Waals surface area contributed by atoms with Crippen LogP contribution in [0.1, 0.15) is 17.5 Å². The Morgan fingerprint density at radius 2 is 2.22 bits per heavy atom. The maximum absolute atomic E-state index is 13.5. The summed E-state index contributed by atoms with van der Waals surface area (Å²) in [5.41, 5.74) is 0.387. The molecule has 1 saturated heterocycles. The highest BCUT2D eigenvalue weighted by atomic mass is 19.1. The van der Waals surface area contributed by atoms with Crippen LogP contribution in [-0.2, 0) is 11.3 Å². The number of halogens is 2. The molecule has 3 rings (SSSR count). The van der Waals surface area contributed by atoms with Gasteiger partial charge in [-0.3, -0.25) is 0 Å². The van der Waals surface area contributed by atoms with E-state index >= 15 is 0 Å². The Hall–Kier alpha value is -1.82. The molecule has 2 heterocycles. The Labute approximate surface area is 102 Å². The van der Waals surface area contributed by atoms with Gasteiger partial charge in [0, 0.05) is 11.6 Å². The van der Waals surface area contributed by atoms with Crippen molar-refractivity contribution in [3.63, 3.8) is 0 Å². The van der Waals surface area contributed by atoms with E-state index in [0.29, 0.717) is 17.9 Å². The van der Waals surface area contributed by atoms with Crippen molar-refractivity contribution < 1.29 is 13.5 Å². The minimum atomic E-state index is -0.583. The Morgan fingerprint density at radius 1 is 1.39 bits per heavy atom. The maximum Gasteiger partial charge on any atom is 0.147 e. The highest BCUT2D eigenvalue weighted by molar-refractivity contribution is 5.25. The summed E-state index contributed by atoms with van der Waals surface area (Å²) in [6, 6.07) is 3.52. The zero-order chi connectivity index (χ0) is 12.7. The summed E-state index contributed by atoms with van der Waals surface area (Å²) in [6.45, 7) is 2.31. The lowest BCUT2D eigenvalue weighted by atomic mass is 10.1. The van der Waals surface area contributed by atoms with Crippen molar-refractivity contribution in [3.8, 4) is 0 Å². The summed E-state index contributed by atoms with van der Waals surface area (Å²) < 4.78 is 33.3. The molecular weight excluding hydrogens is 240 g/mol. The first-order chi connectivity index (χ1) is 8.63. The van der Waals surface area contributed by atoms with Gasteiger partial charge >= 0.3 is 0 Å². The predicted octanol–water partition coefficient (Wildman–Crippen LogP) is 2.00. The number of aromatic nitrogens is 3. The zero-order valence-electron chi connectivity index (χ0n) is 9.68. The van der Waals surface area contributed by atoms with Crippen LogP contribution in [-0.4, -0.2) is 20.9 Å².